The van der Waals surface area contributed by atoms with Gasteiger partial charge in [-0.3, -0.25) is 19.3 Å². The fourth-order valence-electron chi connectivity index (χ4n) is 5.53. The number of benzene rings is 2. The molecule has 0 radical (unpaired) electrons. The fraction of sp³-hybridized carbons (Fsp3) is 0.419. The highest BCUT2D eigenvalue weighted by Gasteiger charge is 2.37. The van der Waals surface area contributed by atoms with Crippen LogP contribution in [0, 0.1) is 12.7 Å². The molecule has 1 aliphatic heterocycles. The van der Waals surface area contributed by atoms with Crippen molar-refractivity contribution in [3.8, 4) is 0 Å². The Morgan fingerprint density at radius 1 is 1.12 bits per heavy atom. The van der Waals surface area contributed by atoms with E-state index in [9.17, 15) is 18.8 Å². The highest BCUT2D eigenvalue weighted by atomic mass is 35.5. The van der Waals surface area contributed by atoms with Crippen molar-refractivity contribution in [3.63, 3.8) is 0 Å². The number of hydrogen-bond acceptors (Lipinski definition) is 7. The second-order valence-electron chi connectivity index (χ2n) is 11.0. The molecule has 1 aliphatic carbocycles. The third-order valence-electron chi connectivity index (χ3n) is 7.91. The fourth-order valence-corrected chi connectivity index (χ4v) is 6.44. The van der Waals surface area contributed by atoms with Gasteiger partial charge in [0.15, 0.2) is 5.69 Å². The quantitative estimate of drug-likeness (QED) is 0.285. The number of rotatable bonds is 9. The lowest BCUT2D eigenvalue weighted by molar-refractivity contribution is -0.123. The van der Waals surface area contributed by atoms with Crippen LogP contribution in [-0.4, -0.2) is 47.4 Å². The second kappa shape index (κ2) is 13.8. The van der Waals surface area contributed by atoms with E-state index in [1.54, 1.807) is 12.1 Å². The maximum Gasteiger partial charge on any atom is 0.273 e. The number of nitrogen functional groups attached to an aromatic ring is 1. The molecule has 2 heterocycles. The lowest BCUT2D eigenvalue weighted by atomic mass is 9.95. The summed E-state index contributed by atoms with van der Waals surface area (Å²) < 4.78 is 24.2. The molecule has 3 amide bonds. The van der Waals surface area contributed by atoms with Crippen LogP contribution in [0.15, 0.2) is 42.5 Å². The zero-order chi connectivity index (χ0) is 30.5. The summed E-state index contributed by atoms with van der Waals surface area (Å²) in [6, 6.07) is 9.84. The van der Waals surface area contributed by atoms with Gasteiger partial charge in [0.2, 0.25) is 5.91 Å². The van der Waals surface area contributed by atoms with Crippen LogP contribution >= 0.6 is 23.1 Å². The Labute approximate surface area is 259 Å². The van der Waals surface area contributed by atoms with E-state index in [0.29, 0.717) is 12.2 Å². The minimum Gasteiger partial charge on any atom is -0.395 e. The van der Waals surface area contributed by atoms with Gasteiger partial charge in [-0.05, 0) is 67.9 Å². The molecule has 0 bridgehead atoms. The summed E-state index contributed by atoms with van der Waals surface area (Å²) in [5.74, 6) is -2.26. The largest absolute Gasteiger partial charge is 0.395 e. The SMILES string of the molecule is Cc1ccc(C(C(=O)NCC2CCCO2)N(C(=O)c2snc(C(=O)NC3CCCCC3)c2N)c2ccc(F)c(Cl)c2)cc1. The van der Waals surface area contributed by atoms with Crippen molar-refractivity contribution in [3.05, 3.63) is 75.0 Å². The van der Waals surface area contributed by atoms with Crippen molar-refractivity contribution in [2.24, 2.45) is 0 Å². The number of nitrogens with two attached hydrogens (primary N) is 1. The molecule has 2 fully saturated rings. The Morgan fingerprint density at radius 3 is 2.53 bits per heavy atom. The van der Waals surface area contributed by atoms with Gasteiger partial charge in [0.1, 0.15) is 16.7 Å². The van der Waals surface area contributed by atoms with Gasteiger partial charge in [-0.25, -0.2) is 4.39 Å². The van der Waals surface area contributed by atoms with Crippen molar-refractivity contribution in [1.82, 2.24) is 15.0 Å². The molecule has 228 valence electrons. The standard InChI is InChI=1S/C31H35ClFN5O4S/c1-18-9-11-19(12-10-18)27(30(40)35-17-22-8-5-15-42-22)38(21-13-14-24(33)23(32)16-21)31(41)28-25(34)26(37-43-28)29(39)36-20-6-3-2-4-7-20/h9-14,16,20,22,27H,2-8,15,17,34H2,1H3,(H,35,40)(H,36,39). The van der Waals surface area contributed by atoms with E-state index in [4.69, 9.17) is 22.1 Å². The molecule has 2 aliphatic rings. The Bertz CT molecular complexity index is 1470. The molecule has 2 aromatic carbocycles. The van der Waals surface area contributed by atoms with E-state index in [0.717, 1.165) is 68.1 Å². The van der Waals surface area contributed by atoms with E-state index in [-0.39, 0.29) is 45.7 Å². The Hall–Kier alpha value is -3.54. The number of ether oxygens (including phenoxy) is 1. The minimum atomic E-state index is -1.18. The topological polar surface area (TPSA) is 127 Å². The van der Waals surface area contributed by atoms with Gasteiger partial charge in [-0.2, -0.15) is 4.37 Å². The van der Waals surface area contributed by atoms with Crippen molar-refractivity contribution in [2.75, 3.05) is 23.8 Å². The van der Waals surface area contributed by atoms with Crippen LogP contribution in [0.25, 0.3) is 0 Å². The van der Waals surface area contributed by atoms with Crippen LogP contribution in [0.3, 0.4) is 0 Å². The van der Waals surface area contributed by atoms with Crippen molar-refractivity contribution >= 4 is 52.2 Å². The molecule has 5 rings (SSSR count). The first-order valence-electron chi connectivity index (χ1n) is 14.5. The first kappa shape index (κ1) is 30.9. The van der Waals surface area contributed by atoms with Crippen LogP contribution in [0.1, 0.15) is 82.3 Å². The number of carbonyl (C=O) groups excluding carboxylic acids is 3. The Morgan fingerprint density at radius 2 is 1.86 bits per heavy atom. The van der Waals surface area contributed by atoms with Gasteiger partial charge >= 0.3 is 0 Å². The number of nitrogens with zero attached hydrogens (tertiary/aromatic N) is 2. The number of aromatic nitrogens is 1. The highest BCUT2D eigenvalue weighted by Crippen LogP contribution is 2.35. The molecule has 43 heavy (non-hydrogen) atoms. The van der Waals surface area contributed by atoms with Crippen molar-refractivity contribution < 1.29 is 23.5 Å². The number of nitrogens with one attached hydrogen (secondary N) is 2. The van der Waals surface area contributed by atoms with E-state index < -0.39 is 29.6 Å². The van der Waals surface area contributed by atoms with Gasteiger partial charge in [-0.1, -0.05) is 60.7 Å². The van der Waals surface area contributed by atoms with Gasteiger partial charge in [0.05, 0.1) is 16.8 Å². The maximum absolute atomic E-state index is 14.4. The lowest BCUT2D eigenvalue weighted by Crippen LogP contribution is -2.45. The van der Waals surface area contributed by atoms with E-state index in [2.05, 4.69) is 15.0 Å². The second-order valence-corrected chi connectivity index (χ2v) is 12.2. The average molecular weight is 628 g/mol. The smallest absolute Gasteiger partial charge is 0.273 e. The molecule has 4 N–H and O–H groups in total. The van der Waals surface area contributed by atoms with Crippen LogP contribution in [0.2, 0.25) is 5.02 Å². The van der Waals surface area contributed by atoms with Gasteiger partial charge in [0.25, 0.3) is 11.8 Å². The monoisotopic (exact) mass is 627 g/mol. The summed E-state index contributed by atoms with van der Waals surface area (Å²) in [6.45, 7) is 2.81. The summed E-state index contributed by atoms with van der Waals surface area (Å²) in [7, 11) is 0. The molecule has 1 saturated heterocycles. The van der Waals surface area contributed by atoms with Crippen LogP contribution < -0.4 is 21.3 Å². The predicted octanol–water partition coefficient (Wildman–Crippen LogP) is 5.57. The van der Waals surface area contributed by atoms with Crippen molar-refractivity contribution in [2.45, 2.75) is 70.1 Å². The molecule has 2 atom stereocenters. The van der Waals surface area contributed by atoms with E-state index >= 15 is 0 Å². The third kappa shape index (κ3) is 7.17. The highest BCUT2D eigenvalue weighted by molar-refractivity contribution is 7.09. The number of halogens is 2. The number of amides is 3. The van der Waals surface area contributed by atoms with Crippen LogP contribution in [0.4, 0.5) is 15.8 Å². The zero-order valence-corrected chi connectivity index (χ0v) is 25.5. The normalized spacial score (nSPS) is 17.8. The predicted molar refractivity (Wildman–Crippen MR) is 165 cm³/mol. The first-order valence-corrected chi connectivity index (χ1v) is 15.7. The maximum atomic E-state index is 14.4. The molecule has 3 aromatic rings. The van der Waals surface area contributed by atoms with Gasteiger partial charge in [0, 0.05) is 24.9 Å². The summed E-state index contributed by atoms with van der Waals surface area (Å²) in [6.07, 6.45) is 6.54. The summed E-state index contributed by atoms with van der Waals surface area (Å²) in [4.78, 5) is 42.6. The number of anilines is 2. The summed E-state index contributed by atoms with van der Waals surface area (Å²) in [5, 5.41) is 5.70. The van der Waals surface area contributed by atoms with Crippen LogP contribution in [-0.2, 0) is 9.53 Å². The molecular weight excluding hydrogens is 593 g/mol. The van der Waals surface area contributed by atoms with Crippen molar-refractivity contribution in [1.29, 1.82) is 0 Å². The van der Waals surface area contributed by atoms with Crippen LogP contribution in [0.5, 0.6) is 0 Å². The molecule has 9 nitrogen and oxygen atoms in total. The number of carbonyl (C=O) groups is 3. The molecule has 2 unspecified atom stereocenters. The summed E-state index contributed by atoms with van der Waals surface area (Å²) in [5.41, 5.74) is 7.93. The zero-order valence-electron chi connectivity index (χ0n) is 23.9. The molecule has 1 saturated carbocycles. The Kier molecular flexibility index (Phi) is 9.94. The molecular formula is C31H35ClFN5O4S. The van der Waals surface area contributed by atoms with E-state index in [1.807, 2.05) is 19.1 Å². The molecule has 1 aromatic heterocycles. The molecule has 12 heteroatoms. The number of hydrogen-bond donors (Lipinski definition) is 3. The summed E-state index contributed by atoms with van der Waals surface area (Å²) >= 11 is 6.94. The lowest BCUT2D eigenvalue weighted by Gasteiger charge is -2.32. The molecule has 0 spiro atoms. The van der Waals surface area contributed by atoms with Gasteiger partial charge in [-0.15, -0.1) is 0 Å². The van der Waals surface area contributed by atoms with Gasteiger partial charge < -0.3 is 21.1 Å². The minimum absolute atomic E-state index is 0.0155. The first-order chi connectivity index (χ1) is 20.7. The van der Waals surface area contributed by atoms with E-state index in [1.165, 1.54) is 17.0 Å². The third-order valence-corrected chi connectivity index (χ3v) is 9.05. The Balaban J connectivity index is 1.52. The number of aryl methyl sites for hydroxylation is 1. The average Bonchev–Trinajstić information content (AvgIpc) is 3.67.